The lowest BCUT2D eigenvalue weighted by Gasteiger charge is -2.30. The SMILES string of the molecule is CCNC(=NCC1(O)CCCCC1)Nc1ccc2c(c1)OCCCO2.I. The van der Waals surface area contributed by atoms with Crippen molar-refractivity contribution in [3.05, 3.63) is 18.2 Å². The molecule has 1 aromatic carbocycles. The molecule has 1 fully saturated rings. The Kier molecular flexibility index (Phi) is 8.27. The van der Waals surface area contributed by atoms with Crippen molar-refractivity contribution in [1.82, 2.24) is 5.32 Å². The van der Waals surface area contributed by atoms with Crippen LogP contribution in [0.4, 0.5) is 5.69 Å². The fourth-order valence-electron chi connectivity index (χ4n) is 3.28. The molecule has 0 aromatic heterocycles. The molecule has 0 saturated heterocycles. The molecular weight excluding hydrogens is 445 g/mol. The summed E-state index contributed by atoms with van der Waals surface area (Å²) in [6, 6.07) is 5.81. The van der Waals surface area contributed by atoms with Crippen LogP contribution in [0.1, 0.15) is 45.4 Å². The lowest BCUT2D eigenvalue weighted by atomic mass is 9.85. The molecule has 0 atom stereocenters. The third-order valence-corrected chi connectivity index (χ3v) is 4.67. The highest BCUT2D eigenvalue weighted by Gasteiger charge is 2.28. The Morgan fingerprint density at radius 3 is 2.58 bits per heavy atom. The van der Waals surface area contributed by atoms with Crippen molar-refractivity contribution in [3.63, 3.8) is 0 Å². The maximum Gasteiger partial charge on any atom is 0.195 e. The molecule has 7 heteroatoms. The van der Waals surface area contributed by atoms with E-state index in [1.807, 2.05) is 25.1 Å². The van der Waals surface area contributed by atoms with Gasteiger partial charge in [0.1, 0.15) is 0 Å². The number of hydrogen-bond donors (Lipinski definition) is 3. The average molecular weight is 475 g/mol. The van der Waals surface area contributed by atoms with Gasteiger partial charge in [0, 0.05) is 24.7 Å². The van der Waals surface area contributed by atoms with E-state index >= 15 is 0 Å². The second kappa shape index (κ2) is 10.2. The number of fused-ring (bicyclic) bond motifs is 1. The van der Waals surface area contributed by atoms with Gasteiger partial charge in [0.25, 0.3) is 0 Å². The Balaban J connectivity index is 0.00000243. The number of ether oxygens (including phenoxy) is 2. The number of benzene rings is 1. The number of guanidine groups is 1. The summed E-state index contributed by atoms with van der Waals surface area (Å²) in [5.41, 5.74) is 0.227. The molecule has 3 rings (SSSR count). The topological polar surface area (TPSA) is 75.1 Å². The Labute approximate surface area is 172 Å². The van der Waals surface area contributed by atoms with Gasteiger partial charge >= 0.3 is 0 Å². The number of anilines is 1. The number of aliphatic imine (C=N–C) groups is 1. The number of halogens is 1. The first kappa shape index (κ1) is 21.1. The number of aliphatic hydroxyl groups is 1. The average Bonchev–Trinajstić information content (AvgIpc) is 2.85. The van der Waals surface area contributed by atoms with Gasteiger partial charge in [-0.1, -0.05) is 19.3 Å². The van der Waals surface area contributed by atoms with Crippen LogP contribution in [0.15, 0.2) is 23.2 Å². The van der Waals surface area contributed by atoms with Crippen molar-refractivity contribution < 1.29 is 14.6 Å². The standard InChI is InChI=1S/C19H29N3O3.HI/c1-2-20-18(21-14-19(23)9-4-3-5-10-19)22-15-7-8-16-17(13-15)25-12-6-11-24-16;/h7-8,13,23H,2-6,9-12,14H2,1H3,(H2,20,21,22);1H. The Bertz CT molecular complexity index is 604. The van der Waals surface area contributed by atoms with Gasteiger partial charge in [-0.3, -0.25) is 4.99 Å². The van der Waals surface area contributed by atoms with E-state index in [9.17, 15) is 5.11 Å². The van der Waals surface area contributed by atoms with Crippen LogP contribution >= 0.6 is 24.0 Å². The molecule has 0 spiro atoms. The van der Waals surface area contributed by atoms with Crippen LogP contribution in [0.2, 0.25) is 0 Å². The van der Waals surface area contributed by atoms with Crippen LogP contribution in [0.25, 0.3) is 0 Å². The van der Waals surface area contributed by atoms with E-state index in [-0.39, 0.29) is 24.0 Å². The molecule has 6 nitrogen and oxygen atoms in total. The Morgan fingerprint density at radius 1 is 1.12 bits per heavy atom. The number of hydrogen-bond acceptors (Lipinski definition) is 4. The van der Waals surface area contributed by atoms with E-state index in [2.05, 4.69) is 15.6 Å². The maximum absolute atomic E-state index is 10.6. The van der Waals surface area contributed by atoms with E-state index in [1.165, 1.54) is 6.42 Å². The van der Waals surface area contributed by atoms with E-state index in [4.69, 9.17) is 9.47 Å². The van der Waals surface area contributed by atoms with Crippen LogP contribution in [-0.4, -0.2) is 43.0 Å². The molecule has 3 N–H and O–H groups in total. The Morgan fingerprint density at radius 2 is 1.85 bits per heavy atom. The normalized spacial score (nSPS) is 19.1. The summed E-state index contributed by atoms with van der Waals surface area (Å²) in [5, 5.41) is 17.2. The summed E-state index contributed by atoms with van der Waals surface area (Å²) in [7, 11) is 0. The van der Waals surface area contributed by atoms with Crippen molar-refractivity contribution >= 4 is 35.6 Å². The fourth-order valence-corrected chi connectivity index (χ4v) is 3.28. The van der Waals surface area contributed by atoms with E-state index < -0.39 is 5.60 Å². The molecular formula is C19H30IN3O3. The summed E-state index contributed by atoms with van der Waals surface area (Å²) in [6.07, 6.45) is 5.93. The third kappa shape index (κ3) is 5.90. The van der Waals surface area contributed by atoms with Crippen LogP contribution in [0, 0.1) is 0 Å². The summed E-state index contributed by atoms with van der Waals surface area (Å²) in [6.45, 7) is 4.56. The van der Waals surface area contributed by atoms with Gasteiger partial charge in [0.05, 0.1) is 25.4 Å². The smallest absolute Gasteiger partial charge is 0.195 e. The van der Waals surface area contributed by atoms with Gasteiger partial charge in [-0.05, 0) is 31.9 Å². The molecule has 26 heavy (non-hydrogen) atoms. The van der Waals surface area contributed by atoms with Crippen molar-refractivity contribution in [1.29, 1.82) is 0 Å². The second-order valence-corrected chi connectivity index (χ2v) is 6.82. The van der Waals surface area contributed by atoms with E-state index in [0.717, 1.165) is 55.8 Å². The minimum Gasteiger partial charge on any atom is -0.490 e. The highest BCUT2D eigenvalue weighted by Crippen LogP contribution is 2.32. The third-order valence-electron chi connectivity index (χ3n) is 4.67. The monoisotopic (exact) mass is 475 g/mol. The first-order valence-corrected chi connectivity index (χ1v) is 9.36. The van der Waals surface area contributed by atoms with E-state index in [1.54, 1.807) is 0 Å². The van der Waals surface area contributed by atoms with Crippen molar-refractivity contribution in [3.8, 4) is 11.5 Å². The molecule has 0 radical (unpaired) electrons. The van der Waals surface area contributed by atoms with Gasteiger partial charge < -0.3 is 25.2 Å². The predicted octanol–water partition coefficient (Wildman–Crippen LogP) is 3.54. The zero-order valence-electron chi connectivity index (χ0n) is 15.4. The molecule has 1 aliphatic carbocycles. The minimum atomic E-state index is -0.661. The van der Waals surface area contributed by atoms with E-state index in [0.29, 0.717) is 25.7 Å². The van der Waals surface area contributed by atoms with Crippen LogP contribution in [0.5, 0.6) is 11.5 Å². The number of rotatable bonds is 4. The summed E-state index contributed by atoms with van der Waals surface area (Å²) < 4.78 is 11.4. The molecule has 1 heterocycles. The zero-order chi connectivity index (χ0) is 17.5. The summed E-state index contributed by atoms with van der Waals surface area (Å²) in [4.78, 5) is 4.61. The second-order valence-electron chi connectivity index (χ2n) is 6.82. The molecule has 0 unspecified atom stereocenters. The summed E-state index contributed by atoms with van der Waals surface area (Å²) in [5.74, 6) is 2.21. The first-order valence-electron chi connectivity index (χ1n) is 9.36. The molecule has 1 aliphatic heterocycles. The maximum atomic E-state index is 10.6. The molecule has 1 aromatic rings. The molecule has 0 bridgehead atoms. The van der Waals surface area contributed by atoms with Gasteiger partial charge in [-0.25, -0.2) is 0 Å². The lowest BCUT2D eigenvalue weighted by molar-refractivity contribution is 0.0132. The van der Waals surface area contributed by atoms with Gasteiger partial charge in [-0.15, -0.1) is 24.0 Å². The highest BCUT2D eigenvalue weighted by molar-refractivity contribution is 14.0. The molecule has 1 saturated carbocycles. The lowest BCUT2D eigenvalue weighted by Crippen LogP contribution is -2.37. The number of nitrogens with zero attached hydrogens (tertiary/aromatic N) is 1. The summed E-state index contributed by atoms with van der Waals surface area (Å²) >= 11 is 0. The fraction of sp³-hybridized carbons (Fsp3) is 0.632. The molecule has 146 valence electrons. The van der Waals surface area contributed by atoms with Crippen LogP contribution < -0.4 is 20.1 Å². The zero-order valence-corrected chi connectivity index (χ0v) is 17.8. The van der Waals surface area contributed by atoms with Gasteiger partial charge in [0.15, 0.2) is 17.5 Å². The Hall–Kier alpha value is -1.22. The van der Waals surface area contributed by atoms with Crippen molar-refractivity contribution in [2.24, 2.45) is 4.99 Å². The highest BCUT2D eigenvalue weighted by atomic mass is 127. The largest absolute Gasteiger partial charge is 0.490 e. The molecule has 2 aliphatic rings. The quantitative estimate of drug-likeness (QED) is 0.353. The van der Waals surface area contributed by atoms with Crippen molar-refractivity contribution in [2.75, 3.05) is 31.6 Å². The predicted molar refractivity (Wildman–Crippen MR) is 115 cm³/mol. The van der Waals surface area contributed by atoms with Crippen LogP contribution in [-0.2, 0) is 0 Å². The number of nitrogens with one attached hydrogen (secondary N) is 2. The van der Waals surface area contributed by atoms with Crippen LogP contribution in [0.3, 0.4) is 0 Å². The minimum absolute atomic E-state index is 0. The van der Waals surface area contributed by atoms with Gasteiger partial charge in [0.2, 0.25) is 0 Å². The molecule has 0 amide bonds. The van der Waals surface area contributed by atoms with Gasteiger partial charge in [-0.2, -0.15) is 0 Å². The van der Waals surface area contributed by atoms with Crippen molar-refractivity contribution in [2.45, 2.75) is 51.0 Å². The first-order chi connectivity index (χ1) is 12.2.